The predicted molar refractivity (Wildman–Crippen MR) is 65.9 cm³/mol. The third-order valence-electron chi connectivity index (χ3n) is 2.38. The zero-order valence-electron chi connectivity index (χ0n) is 10.4. The number of aliphatic hydroxyl groups is 1. The minimum atomic E-state index is -0.211. The Hall–Kier alpha value is -1.56. The van der Waals surface area contributed by atoms with E-state index in [0.717, 1.165) is 13.0 Å². The van der Waals surface area contributed by atoms with Crippen LogP contribution < -0.4 is 5.32 Å². The average Bonchev–Trinajstić information content (AvgIpc) is 2.73. The number of amides is 2. The van der Waals surface area contributed by atoms with Crippen LogP contribution in [0.15, 0.2) is 12.4 Å². The van der Waals surface area contributed by atoms with E-state index in [2.05, 4.69) is 17.3 Å². The van der Waals surface area contributed by atoms with Gasteiger partial charge in [0.2, 0.25) is 0 Å². The molecule has 17 heavy (non-hydrogen) atoms. The number of aromatic nitrogens is 2. The molecule has 6 heteroatoms. The molecule has 1 rings (SSSR count). The molecule has 0 spiro atoms. The minimum Gasteiger partial charge on any atom is -0.395 e. The highest BCUT2D eigenvalue weighted by Crippen LogP contribution is 2.06. The Morgan fingerprint density at radius 1 is 1.59 bits per heavy atom. The van der Waals surface area contributed by atoms with Crippen LogP contribution in [0.4, 0.5) is 10.5 Å². The first kappa shape index (κ1) is 13.5. The lowest BCUT2D eigenvalue weighted by Crippen LogP contribution is -2.36. The van der Waals surface area contributed by atoms with Crippen LogP contribution in [0.1, 0.15) is 20.3 Å². The lowest BCUT2D eigenvalue weighted by Gasteiger charge is -2.19. The van der Waals surface area contributed by atoms with Crippen molar-refractivity contribution in [2.24, 2.45) is 0 Å². The lowest BCUT2D eigenvalue weighted by atomic mass is 10.5. The Morgan fingerprint density at radius 2 is 2.35 bits per heavy atom. The molecule has 0 aromatic carbocycles. The molecular weight excluding hydrogens is 220 g/mol. The number of nitrogens with one attached hydrogen (secondary N) is 1. The third kappa shape index (κ3) is 4.07. The fourth-order valence-corrected chi connectivity index (χ4v) is 1.51. The van der Waals surface area contributed by atoms with Crippen molar-refractivity contribution in [3.8, 4) is 0 Å². The Kier molecular flexibility index (Phi) is 5.48. The summed E-state index contributed by atoms with van der Waals surface area (Å²) in [5.41, 5.74) is 0.680. The standard InChI is InChI=1S/C11H20N4O2/c1-3-5-15-9-10(8-12-15)13-11(17)14(4-2)6-7-16/h8-9,16H,3-7H2,1-2H3,(H,13,17). The third-order valence-corrected chi connectivity index (χ3v) is 2.38. The Balaban J connectivity index is 2.53. The number of anilines is 1. The highest BCUT2D eigenvalue weighted by atomic mass is 16.3. The number of carbonyl (C=O) groups is 1. The molecule has 1 heterocycles. The van der Waals surface area contributed by atoms with E-state index in [0.29, 0.717) is 18.8 Å². The largest absolute Gasteiger partial charge is 0.395 e. The van der Waals surface area contributed by atoms with E-state index in [4.69, 9.17) is 5.11 Å². The maximum absolute atomic E-state index is 11.8. The smallest absolute Gasteiger partial charge is 0.322 e. The van der Waals surface area contributed by atoms with Crippen LogP contribution in [-0.4, -0.2) is 45.5 Å². The van der Waals surface area contributed by atoms with Gasteiger partial charge in [0.25, 0.3) is 0 Å². The van der Waals surface area contributed by atoms with E-state index in [9.17, 15) is 4.79 Å². The SMILES string of the molecule is CCCn1cc(NC(=O)N(CC)CCO)cn1. The van der Waals surface area contributed by atoms with Gasteiger partial charge in [-0.15, -0.1) is 0 Å². The number of rotatable bonds is 6. The normalized spacial score (nSPS) is 10.3. The summed E-state index contributed by atoms with van der Waals surface area (Å²) < 4.78 is 1.79. The van der Waals surface area contributed by atoms with Crippen molar-refractivity contribution in [3.05, 3.63) is 12.4 Å². The molecule has 0 radical (unpaired) electrons. The van der Waals surface area contributed by atoms with Crippen molar-refractivity contribution < 1.29 is 9.90 Å². The molecule has 0 fully saturated rings. The van der Waals surface area contributed by atoms with E-state index in [1.54, 1.807) is 17.1 Å². The second kappa shape index (κ2) is 6.90. The Labute approximate surface area is 101 Å². The van der Waals surface area contributed by atoms with Gasteiger partial charge in [-0.05, 0) is 13.3 Å². The first-order valence-electron chi connectivity index (χ1n) is 5.90. The number of hydrogen-bond acceptors (Lipinski definition) is 3. The van der Waals surface area contributed by atoms with Gasteiger partial charge in [-0.3, -0.25) is 4.68 Å². The number of aryl methyl sites for hydroxylation is 1. The van der Waals surface area contributed by atoms with Gasteiger partial charge in [0.15, 0.2) is 0 Å². The lowest BCUT2D eigenvalue weighted by molar-refractivity contribution is 0.192. The first-order chi connectivity index (χ1) is 8.21. The van der Waals surface area contributed by atoms with E-state index < -0.39 is 0 Å². The van der Waals surface area contributed by atoms with Crippen LogP contribution in [-0.2, 0) is 6.54 Å². The highest BCUT2D eigenvalue weighted by Gasteiger charge is 2.11. The zero-order chi connectivity index (χ0) is 12.7. The fourth-order valence-electron chi connectivity index (χ4n) is 1.51. The highest BCUT2D eigenvalue weighted by molar-refractivity contribution is 5.88. The van der Waals surface area contributed by atoms with Crippen LogP contribution in [0.5, 0.6) is 0 Å². The first-order valence-corrected chi connectivity index (χ1v) is 5.90. The maximum atomic E-state index is 11.8. The second-order valence-corrected chi connectivity index (χ2v) is 3.73. The van der Waals surface area contributed by atoms with E-state index in [1.165, 1.54) is 4.90 Å². The average molecular weight is 240 g/mol. The zero-order valence-corrected chi connectivity index (χ0v) is 10.4. The molecule has 6 nitrogen and oxygen atoms in total. The quantitative estimate of drug-likeness (QED) is 0.783. The summed E-state index contributed by atoms with van der Waals surface area (Å²) in [5, 5.41) is 15.7. The van der Waals surface area contributed by atoms with Gasteiger partial charge in [0.05, 0.1) is 18.5 Å². The molecule has 0 bridgehead atoms. The van der Waals surface area contributed by atoms with Gasteiger partial charge in [-0.2, -0.15) is 5.10 Å². The topological polar surface area (TPSA) is 70.4 Å². The van der Waals surface area contributed by atoms with Crippen LogP contribution >= 0.6 is 0 Å². The summed E-state index contributed by atoms with van der Waals surface area (Å²) >= 11 is 0. The molecule has 0 aliphatic heterocycles. The van der Waals surface area contributed by atoms with Gasteiger partial charge < -0.3 is 15.3 Å². The van der Waals surface area contributed by atoms with Crippen LogP contribution in [0.3, 0.4) is 0 Å². The van der Waals surface area contributed by atoms with Crippen LogP contribution in [0, 0.1) is 0 Å². The molecule has 0 unspecified atom stereocenters. The summed E-state index contributed by atoms with van der Waals surface area (Å²) in [4.78, 5) is 13.3. The fraction of sp³-hybridized carbons (Fsp3) is 0.636. The second-order valence-electron chi connectivity index (χ2n) is 3.73. The number of nitrogens with zero attached hydrogens (tertiary/aromatic N) is 3. The van der Waals surface area contributed by atoms with Crippen molar-refractivity contribution in [1.29, 1.82) is 0 Å². The van der Waals surface area contributed by atoms with Crippen molar-refractivity contribution in [1.82, 2.24) is 14.7 Å². The van der Waals surface area contributed by atoms with Gasteiger partial charge in [-0.1, -0.05) is 6.92 Å². The molecule has 96 valence electrons. The summed E-state index contributed by atoms with van der Waals surface area (Å²) in [6, 6.07) is -0.211. The molecule has 0 saturated heterocycles. The number of hydrogen-bond donors (Lipinski definition) is 2. The molecule has 0 aliphatic rings. The molecule has 2 amide bonds. The molecule has 0 atom stereocenters. The van der Waals surface area contributed by atoms with E-state index in [1.807, 2.05) is 6.92 Å². The number of urea groups is 1. The summed E-state index contributed by atoms with van der Waals surface area (Å²) in [5.74, 6) is 0. The maximum Gasteiger partial charge on any atom is 0.322 e. The summed E-state index contributed by atoms with van der Waals surface area (Å²) in [6.45, 7) is 5.65. The predicted octanol–water partition coefficient (Wildman–Crippen LogP) is 1.14. The van der Waals surface area contributed by atoms with Gasteiger partial charge >= 0.3 is 6.03 Å². The Morgan fingerprint density at radius 3 is 2.94 bits per heavy atom. The number of likely N-dealkylation sites (N-methyl/N-ethyl adjacent to an activating group) is 1. The van der Waals surface area contributed by atoms with Crippen molar-refractivity contribution in [2.75, 3.05) is 25.0 Å². The molecule has 2 N–H and O–H groups in total. The number of aliphatic hydroxyl groups excluding tert-OH is 1. The van der Waals surface area contributed by atoms with Gasteiger partial charge in [0.1, 0.15) is 0 Å². The number of carbonyl (C=O) groups excluding carboxylic acids is 1. The molecule has 0 aliphatic carbocycles. The van der Waals surface area contributed by atoms with Crippen molar-refractivity contribution in [2.45, 2.75) is 26.8 Å². The van der Waals surface area contributed by atoms with Crippen LogP contribution in [0.25, 0.3) is 0 Å². The minimum absolute atomic E-state index is 0.0314. The molecule has 1 aromatic heterocycles. The van der Waals surface area contributed by atoms with Crippen LogP contribution in [0.2, 0.25) is 0 Å². The molecular formula is C11H20N4O2. The summed E-state index contributed by atoms with van der Waals surface area (Å²) in [6.07, 6.45) is 4.43. The monoisotopic (exact) mass is 240 g/mol. The van der Waals surface area contributed by atoms with Crippen molar-refractivity contribution in [3.63, 3.8) is 0 Å². The van der Waals surface area contributed by atoms with Crippen molar-refractivity contribution >= 4 is 11.7 Å². The van der Waals surface area contributed by atoms with Gasteiger partial charge in [-0.25, -0.2) is 4.79 Å². The molecule has 0 saturated carbocycles. The summed E-state index contributed by atoms with van der Waals surface area (Å²) in [7, 11) is 0. The van der Waals surface area contributed by atoms with E-state index >= 15 is 0 Å². The molecule has 1 aromatic rings. The Bertz CT molecular complexity index is 351. The van der Waals surface area contributed by atoms with Gasteiger partial charge in [0, 0.05) is 25.8 Å². The van der Waals surface area contributed by atoms with E-state index in [-0.39, 0.29) is 12.6 Å².